The van der Waals surface area contributed by atoms with Crippen LogP contribution in [-0.2, 0) is 17.9 Å². The lowest BCUT2D eigenvalue weighted by Gasteiger charge is -2.10. The number of amides is 1. The number of ether oxygens (including phenoxy) is 1. The fourth-order valence-corrected chi connectivity index (χ4v) is 2.53. The summed E-state index contributed by atoms with van der Waals surface area (Å²) < 4.78 is 42.1. The fraction of sp³-hybridized carbons (Fsp3) is 0.263. The first-order valence-corrected chi connectivity index (χ1v) is 8.69. The molecule has 2 aromatic carbocycles. The van der Waals surface area contributed by atoms with Crippen molar-refractivity contribution in [3.05, 3.63) is 64.4 Å². The highest BCUT2D eigenvalue weighted by Crippen LogP contribution is 2.18. The van der Waals surface area contributed by atoms with Gasteiger partial charge in [-0.2, -0.15) is 13.2 Å². The summed E-state index contributed by atoms with van der Waals surface area (Å²) in [5.41, 5.74) is 0.860. The summed E-state index contributed by atoms with van der Waals surface area (Å²) >= 11 is 0. The van der Waals surface area contributed by atoms with Crippen molar-refractivity contribution in [2.75, 3.05) is 6.61 Å². The molecule has 0 radical (unpaired) electrons. The molecule has 1 N–H and O–H groups in total. The number of rotatable bonds is 7. The summed E-state index contributed by atoms with van der Waals surface area (Å²) in [5.74, 6) is -0.212. The molecule has 1 heterocycles. The molecular weight excluding hydrogens is 389 g/mol. The van der Waals surface area contributed by atoms with Gasteiger partial charge in [-0.25, -0.2) is 4.68 Å². The zero-order chi connectivity index (χ0) is 20.9. The Kier molecular flexibility index (Phi) is 6.10. The second-order valence-electron chi connectivity index (χ2n) is 6.21. The zero-order valence-corrected chi connectivity index (χ0v) is 15.1. The third kappa shape index (κ3) is 5.77. The van der Waals surface area contributed by atoms with Crippen molar-refractivity contribution < 1.29 is 22.7 Å². The molecule has 0 saturated heterocycles. The van der Waals surface area contributed by atoms with Crippen LogP contribution in [0.4, 0.5) is 13.2 Å². The van der Waals surface area contributed by atoms with E-state index < -0.39 is 12.8 Å². The van der Waals surface area contributed by atoms with E-state index in [1.807, 2.05) is 0 Å². The molecule has 0 saturated carbocycles. The molecule has 152 valence electrons. The van der Waals surface area contributed by atoms with Crippen LogP contribution in [0.2, 0.25) is 0 Å². The number of halogens is 3. The molecule has 0 bridgehead atoms. The van der Waals surface area contributed by atoms with Crippen molar-refractivity contribution in [2.24, 2.45) is 0 Å². The van der Waals surface area contributed by atoms with Gasteiger partial charge in [0.1, 0.15) is 11.3 Å². The molecule has 0 aliphatic heterocycles. The first kappa shape index (κ1) is 20.3. The van der Waals surface area contributed by atoms with Crippen molar-refractivity contribution in [3.63, 3.8) is 0 Å². The van der Waals surface area contributed by atoms with Gasteiger partial charge in [-0.1, -0.05) is 29.5 Å². The molecule has 0 spiro atoms. The number of nitrogens with one attached hydrogen (secondary N) is 1. The molecule has 0 atom stereocenters. The Labute approximate surface area is 163 Å². The minimum Gasteiger partial charge on any atom is -0.484 e. The number of carbonyl (C=O) groups is 1. The Balaban J connectivity index is 1.49. The number of benzene rings is 2. The van der Waals surface area contributed by atoms with Crippen LogP contribution in [0.15, 0.2) is 53.3 Å². The highest BCUT2D eigenvalue weighted by atomic mass is 19.4. The van der Waals surface area contributed by atoms with E-state index in [0.717, 1.165) is 4.68 Å². The summed E-state index contributed by atoms with van der Waals surface area (Å²) in [7, 11) is 0. The maximum Gasteiger partial charge on any atom is 0.422 e. The maximum atomic E-state index is 12.3. The quantitative estimate of drug-likeness (QED) is 0.651. The van der Waals surface area contributed by atoms with Crippen molar-refractivity contribution in [1.29, 1.82) is 0 Å². The third-order valence-electron chi connectivity index (χ3n) is 4.00. The summed E-state index contributed by atoms with van der Waals surface area (Å²) in [5, 5.41) is 10.9. The van der Waals surface area contributed by atoms with Crippen molar-refractivity contribution in [2.45, 2.75) is 25.7 Å². The molecular formula is C19H17F3N4O3. The average molecular weight is 406 g/mol. The predicted octanol–water partition coefficient (Wildman–Crippen LogP) is 2.44. The molecule has 0 aliphatic rings. The molecule has 29 heavy (non-hydrogen) atoms. The number of hydrogen-bond acceptors (Lipinski definition) is 5. The molecule has 10 heteroatoms. The lowest BCUT2D eigenvalue weighted by Crippen LogP contribution is -2.29. The fourth-order valence-electron chi connectivity index (χ4n) is 2.53. The SMILES string of the molecule is O=C(CCn1nnc2ccccc2c1=O)NCc1ccc(OCC(F)(F)F)cc1. The van der Waals surface area contributed by atoms with E-state index in [1.54, 1.807) is 36.4 Å². The molecule has 3 rings (SSSR count). The second kappa shape index (κ2) is 8.72. The third-order valence-corrected chi connectivity index (χ3v) is 4.00. The number of fused-ring (bicyclic) bond motifs is 1. The number of aromatic nitrogens is 3. The van der Waals surface area contributed by atoms with Gasteiger partial charge in [0.15, 0.2) is 6.61 Å². The Morgan fingerprint density at radius 3 is 2.55 bits per heavy atom. The van der Waals surface area contributed by atoms with Crippen molar-refractivity contribution >= 4 is 16.8 Å². The van der Waals surface area contributed by atoms with Crippen LogP contribution < -0.4 is 15.6 Å². The molecule has 0 aliphatic carbocycles. The van der Waals surface area contributed by atoms with E-state index in [2.05, 4.69) is 20.4 Å². The lowest BCUT2D eigenvalue weighted by molar-refractivity contribution is -0.153. The highest BCUT2D eigenvalue weighted by Gasteiger charge is 2.28. The normalized spacial score (nSPS) is 11.4. The van der Waals surface area contributed by atoms with Crippen LogP contribution in [0.5, 0.6) is 5.75 Å². The summed E-state index contributed by atoms with van der Waals surface area (Å²) in [6, 6.07) is 12.7. The minimum absolute atomic E-state index is 0.0275. The zero-order valence-electron chi connectivity index (χ0n) is 15.1. The van der Waals surface area contributed by atoms with Gasteiger partial charge >= 0.3 is 6.18 Å². The maximum absolute atomic E-state index is 12.3. The Hall–Kier alpha value is -3.43. The van der Waals surface area contributed by atoms with Gasteiger partial charge in [-0.05, 0) is 29.8 Å². The molecule has 1 aromatic heterocycles. The van der Waals surface area contributed by atoms with Gasteiger partial charge in [0.05, 0.1) is 11.9 Å². The van der Waals surface area contributed by atoms with Crippen LogP contribution in [0.25, 0.3) is 10.9 Å². The van der Waals surface area contributed by atoms with E-state index in [4.69, 9.17) is 0 Å². The number of alkyl halides is 3. The van der Waals surface area contributed by atoms with Gasteiger partial charge in [-0.3, -0.25) is 9.59 Å². The second-order valence-corrected chi connectivity index (χ2v) is 6.21. The highest BCUT2D eigenvalue weighted by molar-refractivity contribution is 5.77. The van der Waals surface area contributed by atoms with Crippen LogP contribution in [0.3, 0.4) is 0 Å². The van der Waals surface area contributed by atoms with Gasteiger partial charge < -0.3 is 10.1 Å². The van der Waals surface area contributed by atoms with Crippen molar-refractivity contribution in [3.8, 4) is 5.75 Å². The first-order valence-electron chi connectivity index (χ1n) is 8.69. The standard InChI is InChI=1S/C19H17F3N4O3/c20-19(21,22)12-29-14-7-5-13(6-8-14)11-23-17(27)9-10-26-18(28)15-3-1-2-4-16(15)24-25-26/h1-8H,9-12H2,(H,23,27). The first-order chi connectivity index (χ1) is 13.8. The van der Waals surface area contributed by atoms with Crippen LogP contribution in [0, 0.1) is 0 Å². The number of carbonyl (C=O) groups excluding carboxylic acids is 1. The number of hydrogen-bond donors (Lipinski definition) is 1. The van der Waals surface area contributed by atoms with E-state index in [1.165, 1.54) is 12.1 Å². The van der Waals surface area contributed by atoms with Crippen LogP contribution in [0.1, 0.15) is 12.0 Å². The average Bonchev–Trinajstić information content (AvgIpc) is 2.70. The van der Waals surface area contributed by atoms with Gasteiger partial charge in [-0.15, -0.1) is 5.10 Å². The molecule has 1 amide bonds. The number of nitrogens with zero attached hydrogens (tertiary/aromatic N) is 3. The summed E-state index contributed by atoms with van der Waals surface area (Å²) in [6.07, 6.45) is -4.37. The predicted molar refractivity (Wildman–Crippen MR) is 98.3 cm³/mol. The summed E-state index contributed by atoms with van der Waals surface area (Å²) in [4.78, 5) is 24.3. The van der Waals surface area contributed by atoms with Crippen molar-refractivity contribution in [1.82, 2.24) is 20.3 Å². The molecule has 7 nitrogen and oxygen atoms in total. The largest absolute Gasteiger partial charge is 0.484 e. The minimum atomic E-state index is -4.40. The molecule has 0 fully saturated rings. The summed E-state index contributed by atoms with van der Waals surface area (Å²) in [6.45, 7) is -1.09. The van der Waals surface area contributed by atoms with Gasteiger partial charge in [0.2, 0.25) is 5.91 Å². The van der Waals surface area contributed by atoms with Crippen LogP contribution in [-0.4, -0.2) is 33.7 Å². The van der Waals surface area contributed by atoms with E-state index in [0.29, 0.717) is 16.5 Å². The smallest absolute Gasteiger partial charge is 0.422 e. The van der Waals surface area contributed by atoms with Gasteiger partial charge in [0, 0.05) is 13.0 Å². The molecule has 0 unspecified atom stereocenters. The Morgan fingerprint density at radius 2 is 1.83 bits per heavy atom. The molecule has 3 aromatic rings. The van der Waals surface area contributed by atoms with E-state index >= 15 is 0 Å². The lowest BCUT2D eigenvalue weighted by atomic mass is 10.2. The van der Waals surface area contributed by atoms with Crippen LogP contribution >= 0.6 is 0 Å². The number of aryl methyl sites for hydroxylation is 1. The Morgan fingerprint density at radius 1 is 1.10 bits per heavy atom. The van der Waals surface area contributed by atoms with Gasteiger partial charge in [0.25, 0.3) is 5.56 Å². The monoisotopic (exact) mass is 406 g/mol. The Bertz CT molecular complexity index is 1050. The topological polar surface area (TPSA) is 86.1 Å². The van der Waals surface area contributed by atoms with E-state index in [-0.39, 0.29) is 36.7 Å². The van der Waals surface area contributed by atoms with E-state index in [9.17, 15) is 22.8 Å².